The molecular formula is C18H21ClFNO. The lowest BCUT2D eigenvalue weighted by Crippen LogP contribution is -2.17. The fourth-order valence-electron chi connectivity index (χ4n) is 2.68. The SMILES string of the molecule is CCc1ccc(OC)c(CC(CN)c2c(F)cccc2Cl)c1. The Hall–Kier alpha value is -1.58. The highest BCUT2D eigenvalue weighted by Crippen LogP contribution is 2.32. The van der Waals surface area contributed by atoms with E-state index in [1.54, 1.807) is 19.2 Å². The molecule has 2 N–H and O–H groups in total. The van der Waals surface area contributed by atoms with Crippen LogP contribution in [0, 0.1) is 5.82 Å². The molecule has 0 saturated carbocycles. The Kier molecular flexibility index (Phi) is 5.81. The van der Waals surface area contributed by atoms with E-state index >= 15 is 0 Å². The van der Waals surface area contributed by atoms with Crippen molar-refractivity contribution in [2.75, 3.05) is 13.7 Å². The number of aryl methyl sites for hydroxylation is 1. The highest BCUT2D eigenvalue weighted by atomic mass is 35.5. The molecule has 0 amide bonds. The molecule has 2 aromatic rings. The third-order valence-electron chi connectivity index (χ3n) is 3.91. The quantitative estimate of drug-likeness (QED) is 0.859. The topological polar surface area (TPSA) is 35.2 Å². The lowest BCUT2D eigenvalue weighted by molar-refractivity contribution is 0.407. The Morgan fingerprint density at radius 1 is 1.27 bits per heavy atom. The summed E-state index contributed by atoms with van der Waals surface area (Å²) < 4.78 is 19.6. The average molecular weight is 322 g/mol. The van der Waals surface area contributed by atoms with Crippen molar-refractivity contribution in [3.05, 3.63) is 63.9 Å². The average Bonchev–Trinajstić information content (AvgIpc) is 2.53. The van der Waals surface area contributed by atoms with Gasteiger partial charge in [0.05, 0.1) is 7.11 Å². The number of hydrogen-bond donors (Lipinski definition) is 1. The van der Waals surface area contributed by atoms with Gasteiger partial charge in [0.1, 0.15) is 11.6 Å². The first kappa shape index (κ1) is 16.8. The van der Waals surface area contributed by atoms with E-state index in [0.29, 0.717) is 23.6 Å². The van der Waals surface area contributed by atoms with Gasteiger partial charge >= 0.3 is 0 Å². The number of nitrogens with two attached hydrogens (primary N) is 1. The molecule has 0 saturated heterocycles. The van der Waals surface area contributed by atoms with Crippen molar-refractivity contribution in [3.8, 4) is 5.75 Å². The number of benzene rings is 2. The molecule has 2 aromatic carbocycles. The van der Waals surface area contributed by atoms with Gasteiger partial charge in [-0.2, -0.15) is 0 Å². The minimum atomic E-state index is -0.312. The van der Waals surface area contributed by atoms with Gasteiger partial charge in [0.2, 0.25) is 0 Å². The lowest BCUT2D eigenvalue weighted by atomic mass is 9.90. The molecule has 4 heteroatoms. The van der Waals surface area contributed by atoms with E-state index in [0.717, 1.165) is 17.7 Å². The molecule has 2 rings (SSSR count). The Labute approximate surface area is 136 Å². The van der Waals surface area contributed by atoms with Gasteiger partial charge in [0.25, 0.3) is 0 Å². The van der Waals surface area contributed by atoms with Crippen LogP contribution in [0.25, 0.3) is 0 Å². The van der Waals surface area contributed by atoms with Crippen molar-refractivity contribution in [3.63, 3.8) is 0 Å². The largest absolute Gasteiger partial charge is 0.496 e. The van der Waals surface area contributed by atoms with Crippen LogP contribution in [0.5, 0.6) is 5.75 Å². The van der Waals surface area contributed by atoms with Crippen molar-refractivity contribution < 1.29 is 9.13 Å². The highest BCUT2D eigenvalue weighted by molar-refractivity contribution is 6.31. The molecule has 1 unspecified atom stereocenters. The third-order valence-corrected chi connectivity index (χ3v) is 4.24. The Morgan fingerprint density at radius 2 is 2.05 bits per heavy atom. The van der Waals surface area contributed by atoms with Crippen LogP contribution >= 0.6 is 11.6 Å². The van der Waals surface area contributed by atoms with Crippen LogP contribution in [-0.2, 0) is 12.8 Å². The minimum absolute atomic E-state index is 0.185. The standard InChI is InChI=1S/C18H21ClFNO/c1-3-12-7-8-17(22-2)13(9-12)10-14(11-21)18-15(19)5-4-6-16(18)20/h4-9,14H,3,10-11,21H2,1-2H3. The van der Waals surface area contributed by atoms with Crippen molar-refractivity contribution in [1.29, 1.82) is 0 Å². The summed E-state index contributed by atoms with van der Waals surface area (Å²) in [5.41, 5.74) is 8.61. The molecule has 0 aliphatic rings. The molecule has 0 bridgehead atoms. The molecule has 2 nitrogen and oxygen atoms in total. The number of rotatable bonds is 6. The normalized spacial score (nSPS) is 12.2. The lowest BCUT2D eigenvalue weighted by Gasteiger charge is -2.19. The van der Waals surface area contributed by atoms with Gasteiger partial charge in [-0.05, 0) is 48.7 Å². The predicted molar refractivity (Wildman–Crippen MR) is 89.3 cm³/mol. The summed E-state index contributed by atoms with van der Waals surface area (Å²) in [6, 6.07) is 10.8. The summed E-state index contributed by atoms with van der Waals surface area (Å²) in [7, 11) is 1.64. The first-order valence-corrected chi connectivity index (χ1v) is 7.78. The van der Waals surface area contributed by atoms with E-state index in [4.69, 9.17) is 22.1 Å². The van der Waals surface area contributed by atoms with Gasteiger partial charge in [-0.1, -0.05) is 36.7 Å². The minimum Gasteiger partial charge on any atom is -0.496 e. The summed E-state index contributed by atoms with van der Waals surface area (Å²) in [5, 5.41) is 0.418. The molecule has 0 heterocycles. The number of halogens is 2. The molecule has 0 radical (unpaired) electrons. The van der Waals surface area contributed by atoms with Gasteiger partial charge in [-0.15, -0.1) is 0 Å². The Bertz CT molecular complexity index is 625. The fraction of sp³-hybridized carbons (Fsp3) is 0.333. The van der Waals surface area contributed by atoms with Gasteiger partial charge in [0.15, 0.2) is 0 Å². The molecular weight excluding hydrogens is 301 g/mol. The van der Waals surface area contributed by atoms with Crippen LogP contribution in [0.3, 0.4) is 0 Å². The van der Waals surface area contributed by atoms with E-state index in [1.165, 1.54) is 11.6 Å². The van der Waals surface area contributed by atoms with Crippen LogP contribution in [0.15, 0.2) is 36.4 Å². The van der Waals surface area contributed by atoms with Crippen molar-refractivity contribution in [1.82, 2.24) is 0 Å². The number of methoxy groups -OCH3 is 1. The summed E-state index contributed by atoms with van der Waals surface area (Å²) in [6.07, 6.45) is 1.53. The van der Waals surface area contributed by atoms with Crippen LogP contribution in [0.2, 0.25) is 5.02 Å². The predicted octanol–water partition coefficient (Wildman–Crippen LogP) is 4.34. The van der Waals surface area contributed by atoms with Crippen LogP contribution in [0.1, 0.15) is 29.5 Å². The Morgan fingerprint density at radius 3 is 2.64 bits per heavy atom. The maximum atomic E-state index is 14.1. The summed E-state index contributed by atoms with van der Waals surface area (Å²) in [5.74, 6) is 0.298. The maximum Gasteiger partial charge on any atom is 0.128 e. The first-order valence-electron chi connectivity index (χ1n) is 7.40. The molecule has 118 valence electrons. The molecule has 1 atom stereocenters. The second-order valence-corrected chi connectivity index (χ2v) is 5.68. The fourth-order valence-corrected chi connectivity index (χ4v) is 3.00. The Balaban J connectivity index is 2.38. The monoisotopic (exact) mass is 321 g/mol. The van der Waals surface area contributed by atoms with E-state index in [9.17, 15) is 4.39 Å². The molecule has 0 aliphatic heterocycles. The van der Waals surface area contributed by atoms with Crippen molar-refractivity contribution in [2.24, 2.45) is 5.73 Å². The molecule has 22 heavy (non-hydrogen) atoms. The second kappa shape index (κ2) is 7.61. The first-order chi connectivity index (χ1) is 10.6. The third kappa shape index (κ3) is 3.60. The molecule has 0 spiro atoms. The second-order valence-electron chi connectivity index (χ2n) is 5.27. The van der Waals surface area contributed by atoms with Crippen LogP contribution in [0.4, 0.5) is 4.39 Å². The molecule has 0 aliphatic carbocycles. The van der Waals surface area contributed by atoms with E-state index < -0.39 is 0 Å². The van der Waals surface area contributed by atoms with Gasteiger partial charge < -0.3 is 10.5 Å². The summed E-state index contributed by atoms with van der Waals surface area (Å²) >= 11 is 6.17. The zero-order chi connectivity index (χ0) is 16.1. The van der Waals surface area contributed by atoms with Crippen molar-refractivity contribution in [2.45, 2.75) is 25.7 Å². The number of ether oxygens (including phenoxy) is 1. The van der Waals surface area contributed by atoms with E-state index in [-0.39, 0.29) is 11.7 Å². The van der Waals surface area contributed by atoms with Gasteiger partial charge in [-0.3, -0.25) is 0 Å². The summed E-state index contributed by atoms with van der Waals surface area (Å²) in [4.78, 5) is 0. The van der Waals surface area contributed by atoms with E-state index in [2.05, 4.69) is 13.0 Å². The van der Waals surface area contributed by atoms with Gasteiger partial charge in [0, 0.05) is 16.5 Å². The number of hydrogen-bond acceptors (Lipinski definition) is 2. The van der Waals surface area contributed by atoms with Crippen molar-refractivity contribution >= 4 is 11.6 Å². The molecule has 0 aromatic heterocycles. The smallest absolute Gasteiger partial charge is 0.128 e. The van der Waals surface area contributed by atoms with Gasteiger partial charge in [-0.25, -0.2) is 4.39 Å². The maximum absolute atomic E-state index is 14.1. The van der Waals surface area contributed by atoms with E-state index in [1.807, 2.05) is 12.1 Å². The van der Waals surface area contributed by atoms with Crippen LogP contribution < -0.4 is 10.5 Å². The zero-order valence-electron chi connectivity index (χ0n) is 12.9. The highest BCUT2D eigenvalue weighted by Gasteiger charge is 2.20. The summed E-state index contributed by atoms with van der Waals surface area (Å²) in [6.45, 7) is 2.42. The zero-order valence-corrected chi connectivity index (χ0v) is 13.7. The van der Waals surface area contributed by atoms with Crippen LogP contribution in [-0.4, -0.2) is 13.7 Å². The molecule has 0 fully saturated rings.